The molecular weight excluding hydrogens is 294 g/mol. The summed E-state index contributed by atoms with van der Waals surface area (Å²) in [5.41, 5.74) is 7.59. The van der Waals surface area contributed by atoms with Crippen LogP contribution in [0.1, 0.15) is 40.3 Å². The van der Waals surface area contributed by atoms with Crippen molar-refractivity contribution < 1.29 is 4.79 Å². The first-order valence-electron chi connectivity index (χ1n) is 7.77. The average Bonchev–Trinajstić information content (AvgIpc) is 3.03. The van der Waals surface area contributed by atoms with Crippen molar-refractivity contribution in [1.82, 2.24) is 9.88 Å². The molecule has 4 nitrogen and oxygen atoms in total. The summed E-state index contributed by atoms with van der Waals surface area (Å²) in [5.74, 6) is 0.0331. The molecule has 0 spiro atoms. The minimum atomic E-state index is 0.0331. The molecule has 2 N–H and O–H groups in total. The third kappa shape index (κ3) is 3.36. The van der Waals surface area contributed by atoms with Crippen LogP contribution in [0.3, 0.4) is 0 Å². The number of aromatic nitrogens is 1. The fourth-order valence-electron chi connectivity index (χ4n) is 2.92. The second kappa shape index (κ2) is 7.03. The zero-order chi connectivity index (χ0) is 15.4. The molecule has 1 saturated heterocycles. The highest BCUT2D eigenvalue weighted by molar-refractivity contribution is 7.09. The molecule has 1 aliphatic rings. The molecule has 0 bridgehead atoms. The number of nitrogens with two attached hydrogens (primary N) is 1. The number of nitrogens with zero attached hydrogens (tertiary/aromatic N) is 2. The van der Waals surface area contributed by atoms with Gasteiger partial charge in [-0.3, -0.25) is 4.79 Å². The van der Waals surface area contributed by atoms with Crippen LogP contribution in [0.2, 0.25) is 0 Å². The summed E-state index contributed by atoms with van der Waals surface area (Å²) in [7, 11) is 0. The van der Waals surface area contributed by atoms with E-state index in [-0.39, 0.29) is 11.9 Å². The molecular formula is C17H21N3OS. The fourth-order valence-corrected chi connectivity index (χ4v) is 3.72. The Kier molecular flexibility index (Phi) is 4.85. The minimum absolute atomic E-state index is 0.0331. The molecule has 0 radical (unpaired) electrons. The number of piperidine rings is 1. The maximum Gasteiger partial charge on any atom is 0.273 e. The summed E-state index contributed by atoms with van der Waals surface area (Å²) in [6, 6.07) is 10.4. The van der Waals surface area contributed by atoms with Crippen LogP contribution in [0.15, 0.2) is 35.7 Å². The number of likely N-dealkylation sites (tertiary alicyclic amines) is 1. The van der Waals surface area contributed by atoms with E-state index in [4.69, 9.17) is 5.73 Å². The van der Waals surface area contributed by atoms with Gasteiger partial charge in [-0.15, -0.1) is 11.3 Å². The Labute approximate surface area is 135 Å². The summed E-state index contributed by atoms with van der Waals surface area (Å²) in [6.07, 6.45) is 3.99. The standard InChI is InChI=1S/C17H21N3OS/c18-11-14-8-4-5-9-20(14)17(21)15-12-22-16(19-15)10-13-6-2-1-3-7-13/h1-3,6-7,12,14H,4-5,8-11,18H2. The van der Waals surface area contributed by atoms with E-state index >= 15 is 0 Å². The van der Waals surface area contributed by atoms with Gasteiger partial charge in [-0.2, -0.15) is 0 Å². The Morgan fingerprint density at radius 3 is 2.91 bits per heavy atom. The molecule has 1 amide bonds. The lowest BCUT2D eigenvalue weighted by molar-refractivity contribution is 0.0618. The molecule has 1 aromatic heterocycles. The van der Waals surface area contributed by atoms with Gasteiger partial charge in [0.1, 0.15) is 5.69 Å². The molecule has 116 valence electrons. The maximum atomic E-state index is 12.6. The first-order valence-corrected chi connectivity index (χ1v) is 8.65. The molecule has 2 aromatic rings. The van der Waals surface area contributed by atoms with E-state index in [2.05, 4.69) is 17.1 Å². The largest absolute Gasteiger partial charge is 0.333 e. The van der Waals surface area contributed by atoms with E-state index in [0.29, 0.717) is 12.2 Å². The first kappa shape index (κ1) is 15.2. The van der Waals surface area contributed by atoms with E-state index in [1.807, 2.05) is 28.5 Å². The Balaban J connectivity index is 1.71. The van der Waals surface area contributed by atoms with Gasteiger partial charge in [-0.1, -0.05) is 30.3 Å². The maximum absolute atomic E-state index is 12.6. The summed E-state index contributed by atoms with van der Waals surface area (Å²) in [4.78, 5) is 19.1. The molecule has 1 atom stereocenters. The lowest BCUT2D eigenvalue weighted by Gasteiger charge is -2.34. The van der Waals surface area contributed by atoms with Crippen molar-refractivity contribution in [1.29, 1.82) is 0 Å². The number of carbonyl (C=O) groups is 1. The molecule has 1 unspecified atom stereocenters. The van der Waals surface area contributed by atoms with Gasteiger partial charge in [-0.05, 0) is 24.8 Å². The Bertz CT molecular complexity index is 626. The van der Waals surface area contributed by atoms with Crippen LogP contribution >= 0.6 is 11.3 Å². The molecule has 0 aliphatic carbocycles. The van der Waals surface area contributed by atoms with Crippen molar-refractivity contribution in [3.63, 3.8) is 0 Å². The molecule has 3 rings (SSSR count). The van der Waals surface area contributed by atoms with Gasteiger partial charge in [0, 0.05) is 30.9 Å². The van der Waals surface area contributed by atoms with Crippen LogP contribution in [-0.4, -0.2) is 34.9 Å². The van der Waals surface area contributed by atoms with Crippen LogP contribution in [0.5, 0.6) is 0 Å². The van der Waals surface area contributed by atoms with E-state index in [1.165, 1.54) is 5.56 Å². The topological polar surface area (TPSA) is 59.2 Å². The monoisotopic (exact) mass is 315 g/mol. The van der Waals surface area contributed by atoms with Gasteiger partial charge in [0.2, 0.25) is 0 Å². The first-order chi connectivity index (χ1) is 10.8. The fraction of sp³-hybridized carbons (Fsp3) is 0.412. The van der Waals surface area contributed by atoms with Crippen LogP contribution in [0, 0.1) is 0 Å². The van der Waals surface area contributed by atoms with E-state index in [0.717, 1.165) is 37.2 Å². The summed E-state index contributed by atoms with van der Waals surface area (Å²) in [5, 5.41) is 2.86. The molecule has 1 fully saturated rings. The molecule has 1 aromatic carbocycles. The normalized spacial score (nSPS) is 18.4. The smallest absolute Gasteiger partial charge is 0.273 e. The van der Waals surface area contributed by atoms with Gasteiger partial charge in [0.05, 0.1) is 5.01 Å². The second-order valence-corrected chi connectivity index (χ2v) is 6.62. The number of benzene rings is 1. The van der Waals surface area contributed by atoms with Gasteiger partial charge >= 0.3 is 0 Å². The predicted octanol–water partition coefficient (Wildman–Crippen LogP) is 2.69. The number of carbonyl (C=O) groups excluding carboxylic acids is 1. The van der Waals surface area contributed by atoms with Crippen molar-refractivity contribution in [2.45, 2.75) is 31.7 Å². The SMILES string of the molecule is NCC1CCCCN1C(=O)c1csc(Cc2ccccc2)n1. The molecule has 22 heavy (non-hydrogen) atoms. The summed E-state index contributed by atoms with van der Waals surface area (Å²) >= 11 is 1.56. The van der Waals surface area contributed by atoms with Crippen molar-refractivity contribution in [3.8, 4) is 0 Å². The third-order valence-electron chi connectivity index (χ3n) is 4.13. The molecule has 2 heterocycles. The number of hydrogen-bond acceptors (Lipinski definition) is 4. The molecule has 1 aliphatic heterocycles. The molecule has 5 heteroatoms. The number of amides is 1. The van der Waals surface area contributed by atoms with Gasteiger partial charge < -0.3 is 10.6 Å². The van der Waals surface area contributed by atoms with Crippen LogP contribution in [-0.2, 0) is 6.42 Å². The van der Waals surface area contributed by atoms with Crippen LogP contribution in [0.25, 0.3) is 0 Å². The Hall–Kier alpha value is -1.72. The van der Waals surface area contributed by atoms with Crippen molar-refractivity contribution in [2.75, 3.05) is 13.1 Å². The summed E-state index contributed by atoms with van der Waals surface area (Å²) in [6.45, 7) is 1.33. The second-order valence-electron chi connectivity index (χ2n) is 5.67. The average molecular weight is 315 g/mol. The van der Waals surface area contributed by atoms with E-state index in [9.17, 15) is 4.79 Å². The Morgan fingerprint density at radius 2 is 2.14 bits per heavy atom. The highest BCUT2D eigenvalue weighted by Crippen LogP contribution is 2.21. The zero-order valence-corrected chi connectivity index (χ0v) is 13.4. The minimum Gasteiger partial charge on any atom is -0.333 e. The number of thiazole rings is 1. The third-order valence-corrected chi connectivity index (χ3v) is 4.98. The van der Waals surface area contributed by atoms with Crippen LogP contribution in [0.4, 0.5) is 0 Å². The summed E-state index contributed by atoms with van der Waals surface area (Å²) < 4.78 is 0. The predicted molar refractivity (Wildman–Crippen MR) is 89.1 cm³/mol. The van der Waals surface area contributed by atoms with Crippen molar-refractivity contribution in [3.05, 3.63) is 52.0 Å². The lowest BCUT2D eigenvalue weighted by Crippen LogP contribution is -2.47. The highest BCUT2D eigenvalue weighted by atomic mass is 32.1. The Morgan fingerprint density at radius 1 is 1.32 bits per heavy atom. The quantitative estimate of drug-likeness (QED) is 0.943. The number of rotatable bonds is 4. The van der Waals surface area contributed by atoms with Crippen LogP contribution < -0.4 is 5.73 Å². The molecule has 0 saturated carbocycles. The lowest BCUT2D eigenvalue weighted by atomic mass is 10.0. The van der Waals surface area contributed by atoms with Gasteiger partial charge in [-0.25, -0.2) is 4.98 Å². The van der Waals surface area contributed by atoms with E-state index in [1.54, 1.807) is 11.3 Å². The highest BCUT2D eigenvalue weighted by Gasteiger charge is 2.27. The van der Waals surface area contributed by atoms with Crippen molar-refractivity contribution in [2.24, 2.45) is 5.73 Å². The van der Waals surface area contributed by atoms with Gasteiger partial charge in [0.25, 0.3) is 5.91 Å². The van der Waals surface area contributed by atoms with Gasteiger partial charge in [0.15, 0.2) is 0 Å². The number of hydrogen-bond donors (Lipinski definition) is 1. The zero-order valence-electron chi connectivity index (χ0n) is 12.6. The van der Waals surface area contributed by atoms with Crippen molar-refractivity contribution >= 4 is 17.2 Å². The van der Waals surface area contributed by atoms with E-state index < -0.39 is 0 Å².